The number of rotatable bonds is 4. The SMILES string of the molecule is Fc1cc(-c2ccc3nc4n(c3n2)C2(COC4)COc3ccccc32)ccn1.OC1CCC(Oc2cc(-c3ccc4nc5n(c4n3)C3(COC5)COc4ccccc43)ccn2)CC1. The lowest BCUT2D eigenvalue weighted by molar-refractivity contribution is 0.0134. The van der Waals surface area contributed by atoms with Crippen LogP contribution in [-0.2, 0) is 33.8 Å². The van der Waals surface area contributed by atoms with Crippen LogP contribution in [0.15, 0.2) is 109 Å². The molecule has 15 heteroatoms. The van der Waals surface area contributed by atoms with Gasteiger partial charge in [-0.1, -0.05) is 36.4 Å². The van der Waals surface area contributed by atoms with Gasteiger partial charge in [0.1, 0.15) is 77.8 Å². The number of pyridine rings is 4. The van der Waals surface area contributed by atoms with Gasteiger partial charge in [-0.3, -0.25) is 9.13 Å². The minimum atomic E-state index is -0.530. The van der Waals surface area contributed by atoms with Crippen molar-refractivity contribution in [2.45, 2.75) is 62.2 Å². The van der Waals surface area contributed by atoms with Crippen LogP contribution in [0.5, 0.6) is 17.4 Å². The van der Waals surface area contributed by atoms with Gasteiger partial charge in [-0.15, -0.1) is 0 Å². The summed E-state index contributed by atoms with van der Waals surface area (Å²) in [7, 11) is 0. The maximum atomic E-state index is 13.6. The summed E-state index contributed by atoms with van der Waals surface area (Å²) in [4.78, 5) is 27.5. The highest BCUT2D eigenvalue weighted by Gasteiger charge is 2.49. The fourth-order valence-corrected chi connectivity index (χ4v) is 9.82. The Kier molecular flexibility index (Phi) is 8.98. The van der Waals surface area contributed by atoms with Crippen molar-refractivity contribution >= 4 is 22.3 Å². The second-order valence-corrected chi connectivity index (χ2v) is 16.7. The van der Waals surface area contributed by atoms with Crippen LogP contribution in [-0.4, -0.2) is 82.8 Å². The predicted molar refractivity (Wildman–Crippen MR) is 228 cm³/mol. The number of ether oxygens (including phenoxy) is 5. The maximum absolute atomic E-state index is 13.6. The molecule has 1 fully saturated rings. The molecule has 8 aromatic rings. The molecule has 2 aromatic carbocycles. The number of benzene rings is 2. The third kappa shape index (κ3) is 6.32. The van der Waals surface area contributed by atoms with E-state index in [2.05, 4.69) is 31.2 Å². The number of nitrogens with zero attached hydrogens (tertiary/aromatic N) is 8. The minimum absolute atomic E-state index is 0.0840. The summed E-state index contributed by atoms with van der Waals surface area (Å²) in [5.41, 5.74) is 7.48. The fraction of sp³-hybridized carbons (Fsp3) is 0.292. The molecule has 1 N–H and O–H groups in total. The first-order valence-electron chi connectivity index (χ1n) is 21.3. The van der Waals surface area contributed by atoms with E-state index in [4.69, 9.17) is 43.6 Å². The van der Waals surface area contributed by atoms with Crippen LogP contribution in [0.3, 0.4) is 0 Å². The number of aliphatic hydroxyl groups is 1. The van der Waals surface area contributed by atoms with Crippen molar-refractivity contribution in [3.05, 3.63) is 138 Å². The quantitative estimate of drug-likeness (QED) is 0.179. The second-order valence-electron chi connectivity index (χ2n) is 16.7. The lowest BCUT2D eigenvalue weighted by Crippen LogP contribution is -2.45. The van der Waals surface area contributed by atoms with E-state index in [0.717, 1.165) is 93.5 Å². The van der Waals surface area contributed by atoms with Crippen LogP contribution < -0.4 is 14.2 Å². The van der Waals surface area contributed by atoms with E-state index in [0.29, 0.717) is 56.8 Å². The van der Waals surface area contributed by atoms with Crippen molar-refractivity contribution in [2.75, 3.05) is 26.4 Å². The molecular weight excluding hydrogens is 804 g/mol. The van der Waals surface area contributed by atoms with Crippen LogP contribution in [0.1, 0.15) is 48.5 Å². The summed E-state index contributed by atoms with van der Waals surface area (Å²) in [6.45, 7) is 2.80. The topological polar surface area (TPSA) is 154 Å². The van der Waals surface area contributed by atoms with E-state index < -0.39 is 17.0 Å². The first-order valence-corrected chi connectivity index (χ1v) is 21.3. The molecule has 2 atom stereocenters. The maximum Gasteiger partial charge on any atom is 0.214 e. The monoisotopic (exact) mass is 844 g/mol. The Morgan fingerprint density at radius 2 is 1.14 bits per heavy atom. The Balaban J connectivity index is 0.000000137. The van der Waals surface area contributed by atoms with Gasteiger partial charge in [-0.25, -0.2) is 29.9 Å². The van der Waals surface area contributed by atoms with Crippen LogP contribution in [0.25, 0.3) is 44.8 Å². The largest absolute Gasteiger partial charge is 0.490 e. The first kappa shape index (κ1) is 37.9. The zero-order chi connectivity index (χ0) is 42.1. The number of fused-ring (bicyclic) bond motifs is 12. The van der Waals surface area contributed by atoms with Gasteiger partial charge in [0.2, 0.25) is 11.8 Å². The average Bonchev–Trinajstić information content (AvgIpc) is 4.09. The van der Waals surface area contributed by atoms with Gasteiger partial charge in [-0.2, -0.15) is 4.39 Å². The van der Waals surface area contributed by atoms with Crippen LogP contribution in [0.4, 0.5) is 4.39 Å². The molecule has 6 aromatic heterocycles. The van der Waals surface area contributed by atoms with Crippen molar-refractivity contribution in [1.82, 2.24) is 39.0 Å². The number of para-hydroxylation sites is 2. The standard InChI is InChI=1S/C27H26N4O4.C21H15FN4O2/c32-18-5-7-19(8-6-18)35-25-13-17(11-12-28-25)21-9-10-22-26(30-21)31-24(29-22)14-33-15-27(31)16-34-23-4-2-1-3-20(23)27;22-18-9-13(7-8-23-18)15-5-6-16-20(25-15)26-19(24-16)10-27-11-21(26)12-28-17-4-2-1-3-14(17)21/h1-4,9-13,18-19,32H,5-8,14-16H2;1-9H,10-12H2. The first-order chi connectivity index (χ1) is 30.9. The van der Waals surface area contributed by atoms with Crippen molar-refractivity contribution in [1.29, 1.82) is 0 Å². The third-order valence-electron chi connectivity index (χ3n) is 12.8. The molecule has 2 unspecified atom stereocenters. The second kappa shape index (κ2) is 14.9. The molecule has 0 amide bonds. The van der Waals surface area contributed by atoms with Crippen LogP contribution >= 0.6 is 0 Å². The zero-order valence-electron chi connectivity index (χ0n) is 34.1. The fourth-order valence-electron chi connectivity index (χ4n) is 9.82. The predicted octanol–water partition coefficient (Wildman–Crippen LogP) is 7.14. The molecule has 0 saturated heterocycles. The van der Waals surface area contributed by atoms with Gasteiger partial charge in [-0.05, 0) is 74.2 Å². The van der Waals surface area contributed by atoms with Crippen LogP contribution in [0.2, 0.25) is 0 Å². The van der Waals surface area contributed by atoms with E-state index in [9.17, 15) is 9.50 Å². The lowest BCUT2D eigenvalue weighted by Gasteiger charge is -2.34. The molecular formula is C48H41FN8O6. The summed E-state index contributed by atoms with van der Waals surface area (Å²) in [5, 5.41) is 9.77. The van der Waals surface area contributed by atoms with E-state index in [-0.39, 0.29) is 12.2 Å². The summed E-state index contributed by atoms with van der Waals surface area (Å²) in [6, 6.07) is 30.9. The summed E-state index contributed by atoms with van der Waals surface area (Å²) in [6.07, 6.45) is 6.30. The van der Waals surface area contributed by atoms with Crippen molar-refractivity contribution < 1.29 is 33.2 Å². The molecule has 1 saturated carbocycles. The molecule has 63 heavy (non-hydrogen) atoms. The molecule has 316 valence electrons. The smallest absolute Gasteiger partial charge is 0.214 e. The number of aliphatic hydroxyl groups excluding tert-OH is 1. The van der Waals surface area contributed by atoms with Crippen molar-refractivity contribution in [3.8, 4) is 39.9 Å². The highest BCUT2D eigenvalue weighted by atomic mass is 19.1. The van der Waals surface area contributed by atoms with E-state index >= 15 is 0 Å². The van der Waals surface area contributed by atoms with Gasteiger partial charge in [0.25, 0.3) is 0 Å². The number of hydrogen-bond acceptors (Lipinski definition) is 12. The summed E-state index contributed by atoms with van der Waals surface area (Å²) in [5.74, 6) is 3.46. The zero-order valence-corrected chi connectivity index (χ0v) is 34.1. The van der Waals surface area contributed by atoms with Crippen molar-refractivity contribution in [2.24, 2.45) is 0 Å². The molecule has 0 radical (unpaired) electrons. The average molecular weight is 845 g/mol. The number of hydrogen-bond donors (Lipinski definition) is 1. The van der Waals surface area contributed by atoms with Gasteiger partial charge in [0.15, 0.2) is 11.3 Å². The molecule has 0 bridgehead atoms. The van der Waals surface area contributed by atoms with Gasteiger partial charge in [0, 0.05) is 46.8 Å². The van der Waals surface area contributed by atoms with Gasteiger partial charge < -0.3 is 28.8 Å². The molecule has 14 nitrogen and oxygen atoms in total. The van der Waals surface area contributed by atoms with Crippen LogP contribution in [0, 0.1) is 5.95 Å². The molecule has 5 aliphatic rings. The Morgan fingerprint density at radius 1 is 0.603 bits per heavy atom. The summed E-state index contributed by atoms with van der Waals surface area (Å²) < 4.78 is 48.1. The Hall–Kier alpha value is -6.81. The molecule has 1 aliphatic carbocycles. The number of imidazole rings is 2. The number of aromatic nitrogens is 8. The van der Waals surface area contributed by atoms with E-state index in [1.807, 2.05) is 72.8 Å². The highest BCUT2D eigenvalue weighted by Crippen LogP contribution is 2.46. The highest BCUT2D eigenvalue weighted by molar-refractivity contribution is 5.78. The Morgan fingerprint density at radius 3 is 1.71 bits per heavy atom. The summed E-state index contributed by atoms with van der Waals surface area (Å²) >= 11 is 0. The van der Waals surface area contributed by atoms with Gasteiger partial charge in [0.05, 0.1) is 30.7 Å². The van der Waals surface area contributed by atoms with E-state index in [1.54, 1.807) is 12.3 Å². The Bertz CT molecular complexity index is 3060. The normalized spacial score (nSPS) is 23.0. The lowest BCUT2D eigenvalue weighted by atomic mass is 9.91. The third-order valence-corrected chi connectivity index (χ3v) is 12.8. The van der Waals surface area contributed by atoms with Crippen molar-refractivity contribution in [3.63, 3.8) is 0 Å². The Labute approximate surface area is 360 Å². The molecule has 10 heterocycles. The van der Waals surface area contributed by atoms with E-state index in [1.165, 1.54) is 12.3 Å². The molecule has 4 aliphatic heterocycles. The molecule has 2 spiro atoms. The minimum Gasteiger partial charge on any atom is -0.490 e. The molecule has 13 rings (SSSR count). The number of halogens is 1. The van der Waals surface area contributed by atoms with Gasteiger partial charge >= 0.3 is 0 Å².